The van der Waals surface area contributed by atoms with Gasteiger partial charge in [0.2, 0.25) is 6.08 Å². The van der Waals surface area contributed by atoms with Crippen molar-refractivity contribution in [1.29, 1.82) is 5.26 Å². The Balaban J connectivity index is 2.51. The molecule has 0 saturated heterocycles. The molecule has 0 spiro atoms. The molecule has 2 atom stereocenters. The molecule has 0 fully saturated rings. The molecule has 0 amide bonds. The zero-order chi connectivity index (χ0) is 13.1. The Morgan fingerprint density at radius 3 is 3.00 bits per heavy atom. The maximum atomic E-state index is 10.3. The molecule has 0 saturated carbocycles. The van der Waals surface area contributed by atoms with Crippen LogP contribution in [0.25, 0.3) is 0 Å². The molecule has 0 N–H and O–H groups in total. The van der Waals surface area contributed by atoms with Gasteiger partial charge in [0, 0.05) is 17.5 Å². The summed E-state index contributed by atoms with van der Waals surface area (Å²) in [7, 11) is 1.52. The zero-order valence-electron chi connectivity index (χ0n) is 10.1. The highest BCUT2D eigenvalue weighted by Crippen LogP contribution is 2.38. The van der Waals surface area contributed by atoms with E-state index in [1.165, 1.54) is 13.2 Å². The van der Waals surface area contributed by atoms with Crippen molar-refractivity contribution in [3.63, 3.8) is 0 Å². The first-order valence-corrected chi connectivity index (χ1v) is 5.53. The quantitative estimate of drug-likeness (QED) is 0.601. The van der Waals surface area contributed by atoms with E-state index >= 15 is 0 Å². The first-order chi connectivity index (χ1) is 8.69. The predicted octanol–water partition coefficient (Wildman–Crippen LogP) is 1.92. The minimum Gasteiger partial charge on any atom is -0.496 e. The Hall–Kier alpha value is -2.31. The largest absolute Gasteiger partial charge is 0.496 e. The predicted molar refractivity (Wildman–Crippen MR) is 63.3 cm³/mol. The van der Waals surface area contributed by atoms with Crippen molar-refractivity contribution in [2.75, 3.05) is 7.11 Å². The number of hydrogen-bond donors (Lipinski definition) is 0. The molecular weight excluding hydrogens is 232 g/mol. The molecule has 1 aliphatic rings. The van der Waals surface area contributed by atoms with E-state index in [1.807, 2.05) is 19.1 Å². The van der Waals surface area contributed by atoms with E-state index in [9.17, 15) is 4.79 Å². The van der Waals surface area contributed by atoms with Crippen molar-refractivity contribution in [1.82, 2.24) is 0 Å². The third-order valence-electron chi connectivity index (χ3n) is 2.85. The summed E-state index contributed by atoms with van der Waals surface area (Å²) < 4.78 is 10.9. The van der Waals surface area contributed by atoms with Crippen LogP contribution in [-0.4, -0.2) is 19.3 Å². The van der Waals surface area contributed by atoms with Crippen molar-refractivity contribution in [2.24, 2.45) is 4.99 Å². The van der Waals surface area contributed by atoms with Gasteiger partial charge in [-0.2, -0.15) is 10.3 Å². The molecule has 2 rings (SSSR count). The van der Waals surface area contributed by atoms with Gasteiger partial charge in [-0.05, 0) is 19.1 Å². The molecule has 18 heavy (non-hydrogen) atoms. The second-order valence-electron chi connectivity index (χ2n) is 4.09. The maximum Gasteiger partial charge on any atom is 0.236 e. The van der Waals surface area contributed by atoms with Gasteiger partial charge in [-0.1, -0.05) is 0 Å². The minimum atomic E-state index is -0.915. The number of nitriles is 1. The topological polar surface area (TPSA) is 71.7 Å². The molecule has 2 unspecified atom stereocenters. The first kappa shape index (κ1) is 12.2. The smallest absolute Gasteiger partial charge is 0.236 e. The second-order valence-corrected chi connectivity index (χ2v) is 4.09. The van der Waals surface area contributed by atoms with E-state index in [0.29, 0.717) is 11.3 Å². The Morgan fingerprint density at radius 2 is 2.39 bits per heavy atom. The van der Waals surface area contributed by atoms with E-state index in [2.05, 4.69) is 4.99 Å². The monoisotopic (exact) mass is 244 g/mol. The van der Waals surface area contributed by atoms with E-state index < -0.39 is 6.04 Å². The number of rotatable bonds is 3. The van der Waals surface area contributed by atoms with E-state index in [4.69, 9.17) is 14.7 Å². The van der Waals surface area contributed by atoms with Crippen molar-refractivity contribution in [2.45, 2.75) is 25.5 Å². The molecule has 1 aliphatic heterocycles. The molecule has 1 aromatic carbocycles. The Labute approximate surface area is 105 Å². The van der Waals surface area contributed by atoms with Crippen molar-refractivity contribution < 1.29 is 14.3 Å². The average Bonchev–Trinajstić information content (AvgIpc) is 2.73. The highest BCUT2D eigenvalue weighted by molar-refractivity contribution is 5.52. The van der Waals surface area contributed by atoms with E-state index in [0.717, 1.165) is 17.7 Å². The van der Waals surface area contributed by atoms with E-state index in [1.54, 1.807) is 6.07 Å². The molecule has 92 valence electrons. The molecule has 5 heteroatoms. The normalized spacial score (nSPS) is 17.9. The summed E-state index contributed by atoms with van der Waals surface area (Å²) in [5.74, 6) is 1.26. The highest BCUT2D eigenvalue weighted by atomic mass is 16.5. The summed E-state index contributed by atoms with van der Waals surface area (Å²) in [6.45, 7) is 1.97. The van der Waals surface area contributed by atoms with Gasteiger partial charge in [-0.25, -0.2) is 4.79 Å². The number of hydrogen-bond acceptors (Lipinski definition) is 5. The van der Waals surface area contributed by atoms with Crippen LogP contribution in [0.5, 0.6) is 11.5 Å². The van der Waals surface area contributed by atoms with Gasteiger partial charge in [0.1, 0.15) is 17.6 Å². The van der Waals surface area contributed by atoms with Crippen LogP contribution in [0.15, 0.2) is 17.1 Å². The minimum absolute atomic E-state index is 0.107. The third kappa shape index (κ3) is 2.06. The molecule has 0 radical (unpaired) electrons. The summed E-state index contributed by atoms with van der Waals surface area (Å²) in [6, 6.07) is 4.56. The SMILES string of the molecule is COc1cc2c(cc1C(C#N)N=C=O)OC(C)C2. The van der Waals surface area contributed by atoms with Gasteiger partial charge in [0.25, 0.3) is 0 Å². The number of ether oxygens (including phenoxy) is 2. The van der Waals surface area contributed by atoms with Crippen LogP contribution >= 0.6 is 0 Å². The fraction of sp³-hybridized carbons (Fsp3) is 0.385. The van der Waals surface area contributed by atoms with Crippen LogP contribution in [0.4, 0.5) is 0 Å². The first-order valence-electron chi connectivity index (χ1n) is 5.53. The van der Waals surface area contributed by atoms with Crippen LogP contribution in [-0.2, 0) is 11.2 Å². The van der Waals surface area contributed by atoms with Gasteiger partial charge in [0.05, 0.1) is 13.2 Å². The number of fused-ring (bicyclic) bond motifs is 1. The zero-order valence-corrected chi connectivity index (χ0v) is 10.1. The summed E-state index contributed by atoms with van der Waals surface area (Å²) in [6.07, 6.45) is 2.31. The maximum absolute atomic E-state index is 10.3. The number of carbonyl (C=O) groups excluding carboxylic acids is 1. The lowest BCUT2D eigenvalue weighted by molar-refractivity contribution is 0.254. The molecule has 0 aromatic heterocycles. The standard InChI is InChI=1S/C13H12N2O3/c1-8-3-9-4-13(17-2)10(5-12(9)18-8)11(6-14)15-7-16/h4-5,8,11H,3H2,1-2H3. The van der Waals surface area contributed by atoms with Crippen LogP contribution < -0.4 is 9.47 Å². The number of benzene rings is 1. The number of isocyanates is 1. The molecule has 0 aliphatic carbocycles. The van der Waals surface area contributed by atoms with Gasteiger partial charge in [0.15, 0.2) is 6.04 Å². The number of aliphatic imine (C=N–C) groups is 1. The number of nitrogens with zero attached hydrogens (tertiary/aromatic N) is 2. The van der Waals surface area contributed by atoms with Crippen LogP contribution in [0, 0.1) is 11.3 Å². The molecule has 5 nitrogen and oxygen atoms in total. The van der Waals surface area contributed by atoms with Crippen LogP contribution in [0.1, 0.15) is 24.1 Å². The molecule has 1 aromatic rings. The summed E-state index contributed by atoms with van der Waals surface area (Å²) in [5.41, 5.74) is 1.56. The molecule has 1 heterocycles. The fourth-order valence-electron chi connectivity index (χ4n) is 2.07. The van der Waals surface area contributed by atoms with Crippen molar-refractivity contribution >= 4 is 6.08 Å². The lowest BCUT2D eigenvalue weighted by Crippen LogP contribution is -2.05. The van der Waals surface area contributed by atoms with Crippen LogP contribution in [0.3, 0.4) is 0 Å². The highest BCUT2D eigenvalue weighted by Gasteiger charge is 2.24. The summed E-state index contributed by atoms with van der Waals surface area (Å²) in [5, 5.41) is 9.01. The van der Waals surface area contributed by atoms with E-state index in [-0.39, 0.29) is 6.10 Å². The lowest BCUT2D eigenvalue weighted by atomic mass is 10.0. The van der Waals surface area contributed by atoms with Gasteiger partial charge in [-0.15, -0.1) is 0 Å². The fourth-order valence-corrected chi connectivity index (χ4v) is 2.07. The second kappa shape index (κ2) is 4.91. The Bertz CT molecular complexity index is 556. The van der Waals surface area contributed by atoms with Gasteiger partial charge >= 0.3 is 0 Å². The molecule has 0 bridgehead atoms. The van der Waals surface area contributed by atoms with Gasteiger partial charge in [-0.3, -0.25) is 0 Å². The molecular formula is C13H12N2O3. The number of methoxy groups -OCH3 is 1. The van der Waals surface area contributed by atoms with Crippen molar-refractivity contribution in [3.05, 3.63) is 23.3 Å². The van der Waals surface area contributed by atoms with Crippen molar-refractivity contribution in [3.8, 4) is 17.6 Å². The van der Waals surface area contributed by atoms with Crippen LogP contribution in [0.2, 0.25) is 0 Å². The summed E-state index contributed by atoms with van der Waals surface area (Å²) in [4.78, 5) is 13.8. The lowest BCUT2D eigenvalue weighted by Gasteiger charge is -2.11. The average molecular weight is 244 g/mol. The summed E-state index contributed by atoms with van der Waals surface area (Å²) >= 11 is 0. The third-order valence-corrected chi connectivity index (χ3v) is 2.85. The van der Waals surface area contributed by atoms with Gasteiger partial charge < -0.3 is 9.47 Å². The Morgan fingerprint density at radius 1 is 1.61 bits per heavy atom. The Kier molecular flexibility index (Phi) is 3.31.